The van der Waals surface area contributed by atoms with E-state index in [0.29, 0.717) is 40.0 Å². The second-order valence-electron chi connectivity index (χ2n) is 8.14. The monoisotopic (exact) mass is 461 g/mol. The fourth-order valence-corrected chi connectivity index (χ4v) is 5.30. The van der Waals surface area contributed by atoms with Crippen molar-refractivity contribution in [3.05, 3.63) is 46.9 Å². The zero-order valence-corrected chi connectivity index (χ0v) is 19.3. The summed E-state index contributed by atoms with van der Waals surface area (Å²) in [6.45, 7) is 4.12. The van der Waals surface area contributed by atoms with Crippen molar-refractivity contribution < 1.29 is 13.2 Å². The number of fused-ring (bicyclic) bond motifs is 1. The van der Waals surface area contributed by atoms with Gasteiger partial charge < -0.3 is 9.72 Å². The number of ether oxygens (including phenoxy) is 1. The molecule has 0 aliphatic heterocycles. The van der Waals surface area contributed by atoms with Crippen LogP contribution in [0.1, 0.15) is 33.1 Å². The number of aromatic nitrogens is 3. The van der Waals surface area contributed by atoms with Crippen LogP contribution in [0.25, 0.3) is 16.7 Å². The maximum Gasteiger partial charge on any atom is 0.283 e. The minimum Gasteiger partial charge on any atom is -0.493 e. The van der Waals surface area contributed by atoms with Gasteiger partial charge >= 0.3 is 0 Å². The number of hydrogen-bond acceptors (Lipinski definition) is 6. The molecule has 0 spiro atoms. The maximum atomic E-state index is 13.2. The topological polar surface area (TPSA) is 94.0 Å². The van der Waals surface area contributed by atoms with E-state index in [4.69, 9.17) is 4.74 Å². The van der Waals surface area contributed by atoms with E-state index in [-0.39, 0.29) is 16.6 Å². The Morgan fingerprint density at radius 1 is 1.23 bits per heavy atom. The molecule has 1 aromatic carbocycles. The second kappa shape index (κ2) is 9.08. The number of sulfone groups is 1. The average Bonchev–Trinajstić information content (AvgIpc) is 3.45. The molecule has 1 aliphatic rings. The molecular weight excluding hydrogens is 434 g/mol. The Bertz CT molecular complexity index is 1210. The molecule has 7 nitrogen and oxygen atoms in total. The summed E-state index contributed by atoms with van der Waals surface area (Å²) in [5.41, 5.74) is 1.56. The number of nitrogens with one attached hydrogen (secondary N) is 1. The van der Waals surface area contributed by atoms with Crippen molar-refractivity contribution >= 4 is 32.6 Å². The van der Waals surface area contributed by atoms with Crippen LogP contribution in [0.2, 0.25) is 0 Å². The van der Waals surface area contributed by atoms with E-state index in [9.17, 15) is 13.2 Å². The first-order valence-corrected chi connectivity index (χ1v) is 13.2. The third kappa shape index (κ3) is 5.15. The van der Waals surface area contributed by atoms with Crippen LogP contribution in [0.3, 0.4) is 0 Å². The number of hydrogen-bond donors (Lipinski definition) is 1. The van der Waals surface area contributed by atoms with Gasteiger partial charge in [0.1, 0.15) is 11.3 Å². The number of rotatable bonds is 10. The van der Waals surface area contributed by atoms with Crippen LogP contribution in [0, 0.1) is 5.92 Å². The molecule has 0 amide bonds. The van der Waals surface area contributed by atoms with E-state index >= 15 is 0 Å². The zero-order valence-electron chi connectivity index (χ0n) is 17.7. The minimum atomic E-state index is -3.08. The third-order valence-electron chi connectivity index (χ3n) is 5.35. The molecule has 3 aromatic rings. The van der Waals surface area contributed by atoms with Crippen molar-refractivity contribution in [2.75, 3.05) is 18.1 Å². The van der Waals surface area contributed by atoms with Gasteiger partial charge in [-0.3, -0.25) is 9.36 Å². The molecule has 9 heteroatoms. The van der Waals surface area contributed by atoms with E-state index in [1.165, 1.54) is 24.6 Å². The van der Waals surface area contributed by atoms with Crippen LogP contribution in [-0.4, -0.2) is 46.3 Å². The number of aromatic amines is 1. The van der Waals surface area contributed by atoms with Crippen molar-refractivity contribution in [2.24, 2.45) is 5.92 Å². The van der Waals surface area contributed by atoms with Gasteiger partial charge in [-0.05, 0) is 69.4 Å². The summed E-state index contributed by atoms with van der Waals surface area (Å²) in [5.74, 6) is 2.13. The van der Waals surface area contributed by atoms with E-state index in [2.05, 4.69) is 9.97 Å². The van der Waals surface area contributed by atoms with Gasteiger partial charge in [0.15, 0.2) is 15.0 Å². The van der Waals surface area contributed by atoms with Gasteiger partial charge in [0, 0.05) is 11.9 Å². The molecule has 166 valence electrons. The van der Waals surface area contributed by atoms with Crippen molar-refractivity contribution in [1.82, 2.24) is 14.5 Å². The fraction of sp³-hybridized carbons (Fsp3) is 0.455. The fourth-order valence-electron chi connectivity index (χ4n) is 3.15. The molecule has 0 atom stereocenters. The van der Waals surface area contributed by atoms with Gasteiger partial charge in [0.25, 0.3) is 5.56 Å². The zero-order chi connectivity index (χ0) is 22.0. The Balaban J connectivity index is 1.56. The van der Waals surface area contributed by atoms with Crippen molar-refractivity contribution in [3.63, 3.8) is 0 Å². The van der Waals surface area contributed by atoms with Gasteiger partial charge in [0.2, 0.25) is 0 Å². The largest absolute Gasteiger partial charge is 0.493 e. The van der Waals surface area contributed by atoms with E-state index in [1.807, 2.05) is 24.3 Å². The number of nitrogens with zero attached hydrogens (tertiary/aromatic N) is 2. The summed E-state index contributed by atoms with van der Waals surface area (Å²) in [6.07, 6.45) is 4.66. The number of benzene rings is 1. The van der Waals surface area contributed by atoms with Gasteiger partial charge in [0.05, 0.1) is 28.8 Å². The van der Waals surface area contributed by atoms with Crippen molar-refractivity contribution in [3.8, 4) is 11.4 Å². The highest BCUT2D eigenvalue weighted by Gasteiger charge is 2.22. The van der Waals surface area contributed by atoms with Crippen LogP contribution >= 0.6 is 11.8 Å². The van der Waals surface area contributed by atoms with Gasteiger partial charge in [-0.25, -0.2) is 13.4 Å². The van der Waals surface area contributed by atoms with Crippen molar-refractivity contribution in [1.29, 1.82) is 0 Å². The maximum absolute atomic E-state index is 13.2. The standard InChI is InChI=1S/C22H27N3O4S2/c1-15(2)31(27,28)13-3-12-30-22-24-19-10-11-23-20(19)21(26)25(22)17-6-8-18(9-7-17)29-14-16-4-5-16/h6-11,15-16,23H,3-5,12-14H2,1-2H3. The highest BCUT2D eigenvalue weighted by atomic mass is 32.2. The predicted octanol–water partition coefficient (Wildman–Crippen LogP) is 3.81. The lowest BCUT2D eigenvalue weighted by Gasteiger charge is -2.13. The minimum absolute atomic E-state index is 0.126. The van der Waals surface area contributed by atoms with E-state index in [1.54, 1.807) is 30.7 Å². The molecule has 0 saturated heterocycles. The molecule has 2 heterocycles. The smallest absolute Gasteiger partial charge is 0.283 e. The number of thioether (sulfide) groups is 1. The highest BCUT2D eigenvalue weighted by Crippen LogP contribution is 2.30. The molecule has 4 rings (SSSR count). The third-order valence-corrected chi connectivity index (χ3v) is 8.67. The first kappa shape index (κ1) is 22.0. The Hall–Kier alpha value is -2.26. The lowest BCUT2D eigenvalue weighted by atomic mass is 10.3. The van der Waals surface area contributed by atoms with Crippen molar-refractivity contribution in [2.45, 2.75) is 43.5 Å². The molecule has 0 unspecified atom stereocenters. The van der Waals surface area contributed by atoms with Gasteiger partial charge in [-0.1, -0.05) is 11.8 Å². The van der Waals surface area contributed by atoms with Gasteiger partial charge in [-0.15, -0.1) is 0 Å². The first-order valence-electron chi connectivity index (χ1n) is 10.5. The van der Waals surface area contributed by atoms with Crippen LogP contribution in [-0.2, 0) is 9.84 Å². The van der Waals surface area contributed by atoms with E-state index in [0.717, 1.165) is 12.4 Å². The lowest BCUT2D eigenvalue weighted by molar-refractivity contribution is 0.300. The van der Waals surface area contributed by atoms with Crippen LogP contribution in [0.4, 0.5) is 0 Å². The molecule has 0 radical (unpaired) electrons. The molecule has 31 heavy (non-hydrogen) atoms. The summed E-state index contributed by atoms with van der Waals surface area (Å²) in [6, 6.07) is 9.21. The second-order valence-corrected chi connectivity index (χ2v) is 11.9. The molecular formula is C22H27N3O4S2. The van der Waals surface area contributed by atoms with Gasteiger partial charge in [-0.2, -0.15) is 0 Å². The van der Waals surface area contributed by atoms with E-state index < -0.39 is 9.84 Å². The molecule has 1 saturated carbocycles. The van der Waals surface area contributed by atoms with Crippen LogP contribution in [0.5, 0.6) is 5.75 Å². The molecule has 1 fully saturated rings. The molecule has 0 bridgehead atoms. The summed E-state index contributed by atoms with van der Waals surface area (Å²) < 4.78 is 31.5. The summed E-state index contributed by atoms with van der Waals surface area (Å²) in [5, 5.41) is 0.163. The Morgan fingerprint density at radius 2 is 1.97 bits per heavy atom. The average molecular weight is 462 g/mol. The lowest BCUT2D eigenvalue weighted by Crippen LogP contribution is -2.22. The molecule has 1 aliphatic carbocycles. The quantitative estimate of drug-likeness (QED) is 0.280. The Morgan fingerprint density at radius 3 is 2.65 bits per heavy atom. The predicted molar refractivity (Wildman–Crippen MR) is 124 cm³/mol. The molecule has 1 N–H and O–H groups in total. The Labute approximate surface area is 186 Å². The summed E-state index contributed by atoms with van der Waals surface area (Å²) in [7, 11) is -3.08. The van der Waals surface area contributed by atoms with Crippen LogP contribution in [0.15, 0.2) is 46.5 Å². The normalized spacial score (nSPS) is 14.4. The SMILES string of the molecule is CC(C)S(=O)(=O)CCCSc1nc2cc[nH]c2c(=O)n1-c1ccc(OCC2CC2)cc1. The molecule has 2 aromatic heterocycles. The summed E-state index contributed by atoms with van der Waals surface area (Å²) >= 11 is 1.40. The Kier molecular flexibility index (Phi) is 6.43. The first-order chi connectivity index (χ1) is 14.8. The number of H-pyrrole nitrogens is 1. The van der Waals surface area contributed by atoms with Crippen LogP contribution < -0.4 is 10.3 Å². The summed E-state index contributed by atoms with van der Waals surface area (Å²) in [4.78, 5) is 20.8. The highest BCUT2D eigenvalue weighted by molar-refractivity contribution is 7.99.